The van der Waals surface area contributed by atoms with E-state index < -0.39 is 10.0 Å². The molecule has 0 radical (unpaired) electrons. The minimum Gasteiger partial charge on any atom is -0.495 e. The molecule has 0 heterocycles. The van der Waals surface area contributed by atoms with Gasteiger partial charge in [0, 0.05) is 17.7 Å². The number of nitrogens with zero attached hydrogens (tertiary/aromatic N) is 1. The summed E-state index contributed by atoms with van der Waals surface area (Å²) in [5.41, 5.74) is 2.12. The number of hydrogen-bond acceptors (Lipinski definition) is 5. The number of amides is 1. The first-order chi connectivity index (χ1) is 15.2. The van der Waals surface area contributed by atoms with Crippen molar-refractivity contribution in [3.05, 3.63) is 82.9 Å². The van der Waals surface area contributed by atoms with Crippen molar-refractivity contribution < 1.29 is 22.7 Å². The summed E-state index contributed by atoms with van der Waals surface area (Å²) in [4.78, 5) is 12.7. The van der Waals surface area contributed by atoms with E-state index in [2.05, 4.69) is 5.32 Å². The second-order valence-corrected chi connectivity index (χ2v) is 9.26. The van der Waals surface area contributed by atoms with E-state index in [-0.39, 0.29) is 12.5 Å². The predicted octanol–water partition coefficient (Wildman–Crippen LogP) is 4.58. The van der Waals surface area contributed by atoms with Gasteiger partial charge in [-0.15, -0.1) is 0 Å². The maximum Gasteiger partial charge on any atom is 0.255 e. The van der Waals surface area contributed by atoms with Crippen LogP contribution in [0.5, 0.6) is 11.5 Å². The first kappa shape index (κ1) is 23.4. The Morgan fingerprint density at radius 1 is 0.969 bits per heavy atom. The van der Waals surface area contributed by atoms with Crippen molar-refractivity contribution in [2.75, 3.05) is 30.1 Å². The van der Waals surface area contributed by atoms with E-state index in [1.807, 2.05) is 6.07 Å². The molecule has 7 nitrogen and oxygen atoms in total. The largest absolute Gasteiger partial charge is 0.495 e. The third kappa shape index (κ3) is 5.52. The summed E-state index contributed by atoms with van der Waals surface area (Å²) in [6.45, 7) is 0.146. The minimum atomic E-state index is -3.48. The lowest BCUT2D eigenvalue weighted by atomic mass is 10.1. The first-order valence-electron chi connectivity index (χ1n) is 9.57. The number of carbonyl (C=O) groups excluding carboxylic acids is 1. The zero-order valence-electron chi connectivity index (χ0n) is 17.8. The average Bonchev–Trinajstić information content (AvgIpc) is 2.78. The van der Waals surface area contributed by atoms with Gasteiger partial charge in [0.15, 0.2) is 0 Å². The van der Waals surface area contributed by atoms with Crippen LogP contribution in [0.2, 0.25) is 5.02 Å². The van der Waals surface area contributed by atoms with Crippen molar-refractivity contribution >= 4 is 38.9 Å². The molecule has 3 aromatic rings. The SMILES string of the molecule is COc1cc(NC(=O)c2ccc(CN(c3ccccc3)S(C)(=O)=O)cc2)c(OC)cc1Cl. The van der Waals surface area contributed by atoms with Crippen LogP contribution in [0, 0.1) is 0 Å². The third-order valence-corrected chi connectivity index (χ3v) is 6.14. The number of nitrogens with one attached hydrogen (secondary N) is 1. The number of carbonyl (C=O) groups is 1. The van der Waals surface area contributed by atoms with Gasteiger partial charge in [0.25, 0.3) is 5.91 Å². The van der Waals surface area contributed by atoms with E-state index in [0.717, 1.165) is 11.8 Å². The highest BCUT2D eigenvalue weighted by molar-refractivity contribution is 7.92. The molecule has 0 aliphatic carbocycles. The maximum atomic E-state index is 12.7. The molecule has 1 amide bonds. The van der Waals surface area contributed by atoms with Gasteiger partial charge in [0.2, 0.25) is 10.0 Å². The van der Waals surface area contributed by atoms with Crippen LogP contribution in [0.4, 0.5) is 11.4 Å². The molecule has 0 unspecified atom stereocenters. The fourth-order valence-corrected chi connectivity index (χ4v) is 4.19. The van der Waals surface area contributed by atoms with Crippen molar-refractivity contribution in [2.45, 2.75) is 6.54 Å². The molecule has 0 fully saturated rings. The Hall–Kier alpha value is -3.23. The Bertz CT molecular complexity index is 1200. The lowest BCUT2D eigenvalue weighted by Gasteiger charge is -2.22. The van der Waals surface area contributed by atoms with Crippen LogP contribution in [0.15, 0.2) is 66.7 Å². The van der Waals surface area contributed by atoms with E-state index >= 15 is 0 Å². The summed E-state index contributed by atoms with van der Waals surface area (Å²) in [6, 6.07) is 18.7. The number of benzene rings is 3. The quantitative estimate of drug-likeness (QED) is 0.516. The van der Waals surface area contributed by atoms with Gasteiger partial charge in [-0.05, 0) is 29.8 Å². The molecule has 0 bridgehead atoms. The van der Waals surface area contributed by atoms with E-state index in [1.165, 1.54) is 18.5 Å². The van der Waals surface area contributed by atoms with Gasteiger partial charge in [-0.3, -0.25) is 9.10 Å². The Morgan fingerprint density at radius 2 is 1.59 bits per heavy atom. The van der Waals surface area contributed by atoms with Gasteiger partial charge >= 0.3 is 0 Å². The second-order valence-electron chi connectivity index (χ2n) is 6.94. The van der Waals surface area contributed by atoms with Crippen molar-refractivity contribution in [3.63, 3.8) is 0 Å². The van der Waals surface area contributed by atoms with Crippen LogP contribution in [0.3, 0.4) is 0 Å². The highest BCUT2D eigenvalue weighted by Gasteiger charge is 2.18. The van der Waals surface area contributed by atoms with Gasteiger partial charge in [-0.1, -0.05) is 41.9 Å². The van der Waals surface area contributed by atoms with E-state index in [1.54, 1.807) is 60.7 Å². The lowest BCUT2D eigenvalue weighted by molar-refractivity contribution is 0.102. The summed E-state index contributed by atoms with van der Waals surface area (Å²) >= 11 is 6.10. The monoisotopic (exact) mass is 474 g/mol. The van der Waals surface area contributed by atoms with Crippen molar-refractivity contribution in [2.24, 2.45) is 0 Å². The molecule has 0 spiro atoms. The van der Waals surface area contributed by atoms with Crippen molar-refractivity contribution in [1.82, 2.24) is 0 Å². The molecule has 9 heteroatoms. The molecule has 32 heavy (non-hydrogen) atoms. The normalized spacial score (nSPS) is 11.0. The Labute approximate surface area is 192 Å². The number of rotatable bonds is 8. The van der Waals surface area contributed by atoms with Gasteiger partial charge in [0.1, 0.15) is 11.5 Å². The highest BCUT2D eigenvalue weighted by Crippen LogP contribution is 2.36. The molecule has 0 atom stereocenters. The van der Waals surface area contributed by atoms with Crippen LogP contribution < -0.4 is 19.1 Å². The van der Waals surface area contributed by atoms with Gasteiger partial charge in [-0.2, -0.15) is 0 Å². The van der Waals surface area contributed by atoms with E-state index in [0.29, 0.717) is 33.5 Å². The van der Waals surface area contributed by atoms with Gasteiger partial charge in [-0.25, -0.2) is 8.42 Å². The molecule has 1 N–H and O–H groups in total. The Morgan fingerprint density at radius 3 is 2.16 bits per heavy atom. The molecule has 0 saturated heterocycles. The van der Waals surface area contributed by atoms with Crippen molar-refractivity contribution in [3.8, 4) is 11.5 Å². The predicted molar refractivity (Wildman–Crippen MR) is 126 cm³/mol. The average molecular weight is 475 g/mol. The molecular weight excluding hydrogens is 452 g/mol. The summed E-state index contributed by atoms with van der Waals surface area (Å²) < 4.78 is 36.4. The fraction of sp³-hybridized carbons (Fsp3) is 0.174. The minimum absolute atomic E-state index is 0.146. The van der Waals surface area contributed by atoms with E-state index in [9.17, 15) is 13.2 Å². The molecular formula is C23H23ClN2O5S. The Kier molecular flexibility index (Phi) is 7.27. The Balaban J connectivity index is 1.79. The van der Waals surface area contributed by atoms with Crippen LogP contribution in [-0.2, 0) is 16.6 Å². The topological polar surface area (TPSA) is 84.9 Å². The van der Waals surface area contributed by atoms with Crippen LogP contribution in [0.1, 0.15) is 15.9 Å². The van der Waals surface area contributed by atoms with Gasteiger partial charge in [0.05, 0.1) is 43.4 Å². The maximum absolute atomic E-state index is 12.7. The number of methoxy groups -OCH3 is 2. The van der Waals surface area contributed by atoms with Crippen LogP contribution in [-0.4, -0.2) is 34.8 Å². The summed E-state index contributed by atoms with van der Waals surface area (Å²) in [6.07, 6.45) is 1.16. The second kappa shape index (κ2) is 9.93. The number of para-hydroxylation sites is 1. The zero-order chi connectivity index (χ0) is 23.3. The first-order valence-corrected chi connectivity index (χ1v) is 11.8. The molecule has 0 aromatic heterocycles. The van der Waals surface area contributed by atoms with E-state index in [4.69, 9.17) is 21.1 Å². The molecule has 3 aromatic carbocycles. The third-order valence-electron chi connectivity index (χ3n) is 4.71. The van der Waals surface area contributed by atoms with Crippen LogP contribution in [0.25, 0.3) is 0 Å². The number of sulfonamides is 1. The molecule has 0 saturated carbocycles. The summed E-state index contributed by atoms with van der Waals surface area (Å²) in [5.74, 6) is 0.439. The van der Waals surface area contributed by atoms with Crippen molar-refractivity contribution in [1.29, 1.82) is 0 Å². The fourth-order valence-electron chi connectivity index (χ4n) is 3.07. The number of ether oxygens (including phenoxy) is 2. The van der Waals surface area contributed by atoms with Gasteiger partial charge < -0.3 is 14.8 Å². The summed E-state index contributed by atoms with van der Waals surface area (Å²) in [5, 5.41) is 3.14. The lowest BCUT2D eigenvalue weighted by Crippen LogP contribution is -2.29. The molecule has 0 aliphatic rings. The summed E-state index contributed by atoms with van der Waals surface area (Å²) in [7, 11) is -0.529. The van der Waals surface area contributed by atoms with Crippen LogP contribution >= 0.6 is 11.6 Å². The molecule has 168 valence electrons. The number of anilines is 2. The highest BCUT2D eigenvalue weighted by atomic mass is 35.5. The molecule has 3 rings (SSSR count). The molecule has 0 aliphatic heterocycles. The zero-order valence-corrected chi connectivity index (χ0v) is 19.4. The smallest absolute Gasteiger partial charge is 0.255 e. The number of halogens is 1. The standard InChI is InChI=1S/C23H23ClN2O5S/c1-30-21-14-20(22(31-2)13-19(21)24)25-23(27)17-11-9-16(10-12-17)15-26(32(3,28)29)18-7-5-4-6-8-18/h4-14H,15H2,1-3H3,(H,25,27). The number of hydrogen-bond donors (Lipinski definition) is 1.